The standard InChI is InChI=1S/C13H24N2O2/c1-4-12-8-15(7-9(2)17-12)13(16)10(3)11-5-14-6-11/h9-12,14H,4-8H2,1-3H3. The van der Waals surface area contributed by atoms with Crippen LogP contribution in [0.4, 0.5) is 0 Å². The van der Waals surface area contributed by atoms with Crippen LogP contribution in [0.15, 0.2) is 0 Å². The Kier molecular flexibility index (Phi) is 4.05. The zero-order valence-electron chi connectivity index (χ0n) is 11.1. The summed E-state index contributed by atoms with van der Waals surface area (Å²) in [7, 11) is 0. The number of hydrogen-bond donors (Lipinski definition) is 1. The van der Waals surface area contributed by atoms with Gasteiger partial charge in [-0.1, -0.05) is 13.8 Å². The predicted molar refractivity (Wildman–Crippen MR) is 66.7 cm³/mol. The van der Waals surface area contributed by atoms with Gasteiger partial charge in [-0.3, -0.25) is 4.79 Å². The van der Waals surface area contributed by atoms with Crippen molar-refractivity contribution in [3.05, 3.63) is 0 Å². The number of morpholine rings is 1. The number of amides is 1. The van der Waals surface area contributed by atoms with Crippen molar-refractivity contribution in [2.45, 2.75) is 39.4 Å². The molecular weight excluding hydrogens is 216 g/mol. The van der Waals surface area contributed by atoms with Crippen molar-refractivity contribution < 1.29 is 9.53 Å². The van der Waals surface area contributed by atoms with E-state index in [2.05, 4.69) is 26.1 Å². The maximum atomic E-state index is 12.4. The average Bonchev–Trinajstić information content (AvgIpc) is 2.24. The van der Waals surface area contributed by atoms with Gasteiger partial charge in [0, 0.05) is 19.0 Å². The predicted octanol–water partition coefficient (Wildman–Crippen LogP) is 0.868. The topological polar surface area (TPSA) is 41.6 Å². The van der Waals surface area contributed by atoms with Crippen molar-refractivity contribution in [1.82, 2.24) is 10.2 Å². The third kappa shape index (κ3) is 2.80. The second-order valence-electron chi connectivity index (χ2n) is 5.43. The summed E-state index contributed by atoms with van der Waals surface area (Å²) in [5.74, 6) is 0.991. The third-order valence-corrected chi connectivity index (χ3v) is 4.00. The lowest BCUT2D eigenvalue weighted by molar-refractivity contribution is -0.150. The van der Waals surface area contributed by atoms with Crippen LogP contribution in [-0.4, -0.2) is 49.2 Å². The van der Waals surface area contributed by atoms with Crippen LogP contribution < -0.4 is 5.32 Å². The van der Waals surface area contributed by atoms with Crippen LogP contribution in [0, 0.1) is 11.8 Å². The summed E-state index contributed by atoms with van der Waals surface area (Å²) in [5.41, 5.74) is 0. The molecule has 2 heterocycles. The van der Waals surface area contributed by atoms with E-state index in [-0.39, 0.29) is 18.1 Å². The van der Waals surface area contributed by atoms with Crippen LogP contribution in [0.1, 0.15) is 27.2 Å². The molecule has 0 radical (unpaired) electrons. The Bertz CT molecular complexity index is 279. The Balaban J connectivity index is 1.93. The molecule has 0 aromatic heterocycles. The Labute approximate surface area is 104 Å². The van der Waals surface area contributed by atoms with Gasteiger partial charge < -0.3 is 15.0 Å². The Morgan fingerprint density at radius 3 is 2.71 bits per heavy atom. The van der Waals surface area contributed by atoms with Gasteiger partial charge in [0.2, 0.25) is 5.91 Å². The fraction of sp³-hybridized carbons (Fsp3) is 0.923. The SMILES string of the molecule is CCC1CN(C(=O)C(C)C2CNC2)CC(C)O1. The molecule has 3 unspecified atom stereocenters. The van der Waals surface area contributed by atoms with Gasteiger partial charge in [-0.15, -0.1) is 0 Å². The maximum Gasteiger partial charge on any atom is 0.225 e. The minimum absolute atomic E-state index is 0.152. The van der Waals surface area contributed by atoms with Gasteiger partial charge in [-0.25, -0.2) is 0 Å². The molecule has 0 aromatic rings. The zero-order valence-corrected chi connectivity index (χ0v) is 11.1. The van der Waals surface area contributed by atoms with Crippen molar-refractivity contribution in [3.8, 4) is 0 Å². The Morgan fingerprint density at radius 1 is 1.47 bits per heavy atom. The number of nitrogens with one attached hydrogen (secondary N) is 1. The number of hydrogen-bond acceptors (Lipinski definition) is 3. The van der Waals surface area contributed by atoms with Crippen LogP contribution in [0.3, 0.4) is 0 Å². The lowest BCUT2D eigenvalue weighted by Crippen LogP contribution is -2.54. The molecule has 2 rings (SSSR count). The summed E-state index contributed by atoms with van der Waals surface area (Å²) in [6.45, 7) is 9.73. The first-order chi connectivity index (χ1) is 8.11. The van der Waals surface area contributed by atoms with Gasteiger partial charge in [-0.2, -0.15) is 0 Å². The van der Waals surface area contributed by atoms with Gasteiger partial charge in [0.15, 0.2) is 0 Å². The van der Waals surface area contributed by atoms with Crippen molar-refractivity contribution >= 4 is 5.91 Å². The zero-order chi connectivity index (χ0) is 12.4. The van der Waals surface area contributed by atoms with Gasteiger partial charge in [-0.05, 0) is 32.4 Å². The molecule has 0 aliphatic carbocycles. The molecule has 3 atom stereocenters. The van der Waals surface area contributed by atoms with E-state index >= 15 is 0 Å². The Morgan fingerprint density at radius 2 is 2.18 bits per heavy atom. The van der Waals surface area contributed by atoms with Crippen molar-refractivity contribution in [3.63, 3.8) is 0 Å². The van der Waals surface area contributed by atoms with Gasteiger partial charge in [0.25, 0.3) is 0 Å². The lowest BCUT2D eigenvalue weighted by Gasteiger charge is -2.40. The highest BCUT2D eigenvalue weighted by molar-refractivity contribution is 5.79. The second kappa shape index (κ2) is 5.36. The summed E-state index contributed by atoms with van der Waals surface area (Å²) >= 11 is 0. The molecule has 4 nitrogen and oxygen atoms in total. The van der Waals surface area contributed by atoms with E-state index in [1.54, 1.807) is 0 Å². The first-order valence-electron chi connectivity index (χ1n) is 6.76. The molecule has 2 aliphatic rings. The minimum atomic E-state index is 0.152. The largest absolute Gasteiger partial charge is 0.372 e. The fourth-order valence-electron chi connectivity index (χ4n) is 2.60. The molecule has 0 saturated carbocycles. The van der Waals surface area contributed by atoms with E-state index in [1.165, 1.54) is 0 Å². The van der Waals surface area contributed by atoms with E-state index < -0.39 is 0 Å². The van der Waals surface area contributed by atoms with Crippen molar-refractivity contribution in [2.24, 2.45) is 11.8 Å². The Hall–Kier alpha value is -0.610. The third-order valence-electron chi connectivity index (χ3n) is 4.00. The molecule has 98 valence electrons. The van der Waals surface area contributed by atoms with Gasteiger partial charge in [0.05, 0.1) is 12.2 Å². The highest BCUT2D eigenvalue weighted by atomic mass is 16.5. The molecule has 17 heavy (non-hydrogen) atoms. The minimum Gasteiger partial charge on any atom is -0.372 e. The summed E-state index contributed by atoms with van der Waals surface area (Å²) in [6.07, 6.45) is 1.37. The molecule has 0 bridgehead atoms. The normalized spacial score (nSPS) is 32.1. The van der Waals surface area contributed by atoms with E-state index in [0.717, 1.165) is 32.6 Å². The number of ether oxygens (including phenoxy) is 1. The van der Waals surface area contributed by atoms with Crippen LogP contribution in [0.2, 0.25) is 0 Å². The molecule has 1 amide bonds. The molecule has 2 saturated heterocycles. The van der Waals surface area contributed by atoms with E-state index in [4.69, 9.17) is 4.74 Å². The molecule has 4 heteroatoms. The van der Waals surface area contributed by atoms with Gasteiger partial charge >= 0.3 is 0 Å². The van der Waals surface area contributed by atoms with Crippen LogP contribution in [0.5, 0.6) is 0 Å². The molecule has 2 aliphatic heterocycles. The van der Waals surface area contributed by atoms with Crippen molar-refractivity contribution in [2.75, 3.05) is 26.2 Å². The van der Waals surface area contributed by atoms with E-state index in [0.29, 0.717) is 11.8 Å². The number of rotatable bonds is 3. The van der Waals surface area contributed by atoms with E-state index in [9.17, 15) is 4.79 Å². The molecule has 0 aromatic carbocycles. The van der Waals surface area contributed by atoms with Gasteiger partial charge in [0.1, 0.15) is 0 Å². The maximum absolute atomic E-state index is 12.4. The summed E-state index contributed by atoms with van der Waals surface area (Å²) in [5, 5.41) is 3.23. The number of carbonyl (C=O) groups is 1. The highest BCUT2D eigenvalue weighted by Gasteiger charge is 2.34. The highest BCUT2D eigenvalue weighted by Crippen LogP contribution is 2.21. The smallest absolute Gasteiger partial charge is 0.225 e. The molecular formula is C13H24N2O2. The van der Waals surface area contributed by atoms with Crippen LogP contribution in [-0.2, 0) is 9.53 Å². The quantitative estimate of drug-likeness (QED) is 0.796. The summed E-state index contributed by atoms with van der Waals surface area (Å²) in [4.78, 5) is 14.4. The number of nitrogens with zero attached hydrogens (tertiary/aromatic N) is 1. The first kappa shape index (κ1) is 12.8. The second-order valence-corrected chi connectivity index (χ2v) is 5.43. The lowest BCUT2D eigenvalue weighted by atomic mass is 9.87. The van der Waals surface area contributed by atoms with Crippen LogP contribution >= 0.6 is 0 Å². The number of carbonyl (C=O) groups excluding carboxylic acids is 1. The average molecular weight is 240 g/mol. The summed E-state index contributed by atoms with van der Waals surface area (Å²) < 4.78 is 5.79. The monoisotopic (exact) mass is 240 g/mol. The fourth-order valence-corrected chi connectivity index (χ4v) is 2.60. The first-order valence-corrected chi connectivity index (χ1v) is 6.76. The molecule has 0 spiro atoms. The van der Waals surface area contributed by atoms with E-state index in [1.807, 2.05) is 4.90 Å². The molecule has 1 N–H and O–H groups in total. The summed E-state index contributed by atoms with van der Waals surface area (Å²) in [6, 6.07) is 0. The van der Waals surface area contributed by atoms with Crippen molar-refractivity contribution in [1.29, 1.82) is 0 Å². The molecule has 2 fully saturated rings. The van der Waals surface area contributed by atoms with Crippen LogP contribution in [0.25, 0.3) is 0 Å².